The van der Waals surface area contributed by atoms with Gasteiger partial charge in [0.1, 0.15) is 0 Å². The van der Waals surface area contributed by atoms with Crippen molar-refractivity contribution in [1.82, 2.24) is 5.32 Å². The summed E-state index contributed by atoms with van der Waals surface area (Å²) in [5, 5.41) is 4.91. The molecule has 1 fully saturated rings. The average molecular weight is 258 g/mol. The number of halogens is 2. The summed E-state index contributed by atoms with van der Waals surface area (Å²) in [5.41, 5.74) is 1.09. The van der Waals surface area contributed by atoms with Gasteiger partial charge in [-0.25, -0.2) is 0 Å². The molecule has 0 spiro atoms. The van der Waals surface area contributed by atoms with Crippen LogP contribution < -0.4 is 5.32 Å². The summed E-state index contributed by atoms with van der Waals surface area (Å²) in [7, 11) is 0. The van der Waals surface area contributed by atoms with Crippen LogP contribution in [0, 0.1) is 5.92 Å². The summed E-state index contributed by atoms with van der Waals surface area (Å²) in [6, 6.07) is 6.75. The maximum atomic E-state index is 6.19. The Kier molecular flexibility index (Phi) is 3.78. The fourth-order valence-electron chi connectivity index (χ4n) is 2.17. The highest BCUT2D eigenvalue weighted by atomic mass is 35.5. The topological polar surface area (TPSA) is 12.0 Å². The molecule has 1 N–H and O–H groups in total. The zero-order valence-electron chi connectivity index (χ0n) is 9.63. The van der Waals surface area contributed by atoms with Crippen molar-refractivity contribution in [2.45, 2.75) is 38.8 Å². The molecule has 0 bridgehead atoms. The number of hydrogen-bond donors (Lipinski definition) is 1. The molecule has 0 amide bonds. The minimum atomic E-state index is 0.271. The van der Waals surface area contributed by atoms with Crippen LogP contribution >= 0.6 is 23.2 Å². The second kappa shape index (κ2) is 4.95. The van der Waals surface area contributed by atoms with E-state index in [9.17, 15) is 0 Å². The van der Waals surface area contributed by atoms with E-state index in [0.29, 0.717) is 16.1 Å². The maximum Gasteiger partial charge on any atom is 0.0639 e. The lowest BCUT2D eigenvalue weighted by molar-refractivity contribution is 0.539. The Bertz CT molecular complexity index is 378. The number of hydrogen-bond acceptors (Lipinski definition) is 1. The van der Waals surface area contributed by atoms with Crippen molar-refractivity contribution in [3.63, 3.8) is 0 Å². The lowest BCUT2D eigenvalue weighted by Gasteiger charge is -2.16. The molecule has 3 heteroatoms. The summed E-state index contributed by atoms with van der Waals surface area (Å²) in [4.78, 5) is 0. The summed E-state index contributed by atoms with van der Waals surface area (Å²) in [5.74, 6) is 0.848. The Morgan fingerprint density at radius 1 is 1.44 bits per heavy atom. The van der Waals surface area contributed by atoms with Crippen LogP contribution in [0.15, 0.2) is 18.2 Å². The van der Waals surface area contributed by atoms with Crippen LogP contribution in [0.25, 0.3) is 0 Å². The Morgan fingerprint density at radius 2 is 2.19 bits per heavy atom. The molecule has 3 atom stereocenters. The molecule has 1 aliphatic carbocycles. The van der Waals surface area contributed by atoms with E-state index in [0.717, 1.165) is 11.5 Å². The van der Waals surface area contributed by atoms with E-state index >= 15 is 0 Å². The number of rotatable bonds is 4. The first-order valence-corrected chi connectivity index (χ1v) is 6.59. The van der Waals surface area contributed by atoms with Gasteiger partial charge in [0.25, 0.3) is 0 Å². The van der Waals surface area contributed by atoms with Crippen molar-refractivity contribution in [3.8, 4) is 0 Å². The standard InChI is InChI=1S/C13H17Cl2N/c1-3-9-7-12(9)16-8(2)10-5-4-6-11(14)13(10)15/h4-6,8-9,12,16H,3,7H2,1-2H3. The number of benzene rings is 1. The first-order chi connectivity index (χ1) is 7.63. The summed E-state index contributed by atoms with van der Waals surface area (Å²) >= 11 is 12.2. The molecular weight excluding hydrogens is 241 g/mol. The second-order valence-electron chi connectivity index (χ2n) is 4.54. The summed E-state index contributed by atoms with van der Waals surface area (Å²) in [6.07, 6.45) is 2.55. The third-order valence-electron chi connectivity index (χ3n) is 3.36. The smallest absolute Gasteiger partial charge is 0.0639 e. The van der Waals surface area contributed by atoms with E-state index in [2.05, 4.69) is 19.2 Å². The van der Waals surface area contributed by atoms with Gasteiger partial charge in [-0.05, 0) is 30.9 Å². The third kappa shape index (κ3) is 2.53. The lowest BCUT2D eigenvalue weighted by atomic mass is 10.1. The zero-order valence-corrected chi connectivity index (χ0v) is 11.1. The normalized spacial score (nSPS) is 25.5. The van der Waals surface area contributed by atoms with Crippen molar-refractivity contribution < 1.29 is 0 Å². The Balaban J connectivity index is 2.04. The van der Waals surface area contributed by atoms with E-state index in [1.165, 1.54) is 12.8 Å². The molecule has 88 valence electrons. The largest absolute Gasteiger partial charge is 0.307 e. The van der Waals surface area contributed by atoms with E-state index in [1.54, 1.807) is 0 Å². The first kappa shape index (κ1) is 12.2. The third-order valence-corrected chi connectivity index (χ3v) is 4.19. The molecule has 1 aliphatic rings. The van der Waals surface area contributed by atoms with Crippen molar-refractivity contribution in [2.75, 3.05) is 0 Å². The summed E-state index contributed by atoms with van der Waals surface area (Å²) in [6.45, 7) is 4.38. The number of nitrogens with one attached hydrogen (secondary N) is 1. The Hall–Kier alpha value is -0.240. The van der Waals surface area contributed by atoms with Crippen LogP contribution in [0.5, 0.6) is 0 Å². The molecule has 0 heterocycles. The average Bonchev–Trinajstić information content (AvgIpc) is 3.00. The van der Waals surface area contributed by atoms with Crippen LogP contribution in [0.3, 0.4) is 0 Å². The van der Waals surface area contributed by atoms with Gasteiger partial charge in [-0.1, -0.05) is 48.7 Å². The predicted molar refractivity (Wildman–Crippen MR) is 70.2 cm³/mol. The van der Waals surface area contributed by atoms with Gasteiger partial charge in [-0.15, -0.1) is 0 Å². The molecule has 0 aliphatic heterocycles. The van der Waals surface area contributed by atoms with Gasteiger partial charge in [0.15, 0.2) is 0 Å². The quantitative estimate of drug-likeness (QED) is 0.841. The van der Waals surface area contributed by atoms with Crippen molar-refractivity contribution in [2.24, 2.45) is 5.92 Å². The highest BCUT2D eigenvalue weighted by Crippen LogP contribution is 2.37. The molecule has 0 saturated heterocycles. The van der Waals surface area contributed by atoms with Crippen LogP contribution in [0.4, 0.5) is 0 Å². The fourth-order valence-corrected chi connectivity index (χ4v) is 2.64. The second-order valence-corrected chi connectivity index (χ2v) is 5.33. The molecular formula is C13H17Cl2N. The first-order valence-electron chi connectivity index (χ1n) is 5.83. The fraction of sp³-hybridized carbons (Fsp3) is 0.538. The molecule has 3 unspecified atom stereocenters. The molecule has 2 rings (SSSR count). The van der Waals surface area contributed by atoms with Gasteiger partial charge in [0, 0.05) is 12.1 Å². The van der Waals surface area contributed by atoms with E-state index in [1.807, 2.05) is 18.2 Å². The van der Waals surface area contributed by atoms with Gasteiger partial charge in [-0.3, -0.25) is 0 Å². The van der Waals surface area contributed by atoms with E-state index in [-0.39, 0.29) is 6.04 Å². The highest BCUT2D eigenvalue weighted by Gasteiger charge is 2.36. The van der Waals surface area contributed by atoms with E-state index in [4.69, 9.17) is 23.2 Å². The molecule has 0 aromatic heterocycles. The summed E-state index contributed by atoms with van der Waals surface area (Å²) < 4.78 is 0. The molecule has 1 nitrogen and oxygen atoms in total. The minimum absolute atomic E-state index is 0.271. The zero-order chi connectivity index (χ0) is 11.7. The van der Waals surface area contributed by atoms with Gasteiger partial charge in [-0.2, -0.15) is 0 Å². The Morgan fingerprint density at radius 3 is 2.81 bits per heavy atom. The van der Waals surface area contributed by atoms with Gasteiger partial charge >= 0.3 is 0 Å². The van der Waals surface area contributed by atoms with E-state index < -0.39 is 0 Å². The van der Waals surface area contributed by atoms with Crippen LogP contribution in [0.1, 0.15) is 38.3 Å². The van der Waals surface area contributed by atoms with Crippen LogP contribution in [-0.2, 0) is 0 Å². The van der Waals surface area contributed by atoms with Crippen molar-refractivity contribution in [3.05, 3.63) is 33.8 Å². The Labute approximate surface area is 107 Å². The predicted octanol–water partition coefficient (Wildman–Crippen LogP) is 4.44. The van der Waals surface area contributed by atoms with Gasteiger partial charge in [0.2, 0.25) is 0 Å². The van der Waals surface area contributed by atoms with Crippen LogP contribution in [0.2, 0.25) is 10.0 Å². The van der Waals surface area contributed by atoms with Gasteiger partial charge in [0.05, 0.1) is 10.0 Å². The molecule has 0 radical (unpaired) electrons. The van der Waals surface area contributed by atoms with Crippen LogP contribution in [-0.4, -0.2) is 6.04 Å². The molecule has 1 saturated carbocycles. The molecule has 1 aromatic rings. The molecule has 16 heavy (non-hydrogen) atoms. The van der Waals surface area contributed by atoms with Crippen molar-refractivity contribution >= 4 is 23.2 Å². The SMILES string of the molecule is CCC1CC1NC(C)c1cccc(Cl)c1Cl. The van der Waals surface area contributed by atoms with Crippen molar-refractivity contribution in [1.29, 1.82) is 0 Å². The monoisotopic (exact) mass is 257 g/mol. The lowest BCUT2D eigenvalue weighted by Crippen LogP contribution is -2.22. The minimum Gasteiger partial charge on any atom is -0.307 e. The molecule has 1 aromatic carbocycles. The highest BCUT2D eigenvalue weighted by molar-refractivity contribution is 6.42. The maximum absolute atomic E-state index is 6.19. The van der Waals surface area contributed by atoms with Gasteiger partial charge < -0.3 is 5.32 Å².